The van der Waals surface area contributed by atoms with Gasteiger partial charge in [-0.15, -0.1) is 0 Å². The zero-order chi connectivity index (χ0) is 21.1. The van der Waals surface area contributed by atoms with Gasteiger partial charge in [-0.25, -0.2) is 4.39 Å². The van der Waals surface area contributed by atoms with Crippen molar-refractivity contribution in [1.82, 2.24) is 0 Å². The SMILES string of the molecule is CCCC1CCC(c2ccc(-c3ccc(C4=COC(F)(F)CC4)cc3)c(F)c2)CC1. The number of hydrogen-bond donors (Lipinski definition) is 0. The number of ether oxygens (including phenoxy) is 1. The molecule has 160 valence electrons. The van der Waals surface area contributed by atoms with Crippen LogP contribution in [0, 0.1) is 11.7 Å². The van der Waals surface area contributed by atoms with E-state index in [0.29, 0.717) is 11.5 Å². The lowest BCUT2D eigenvalue weighted by Gasteiger charge is -2.28. The van der Waals surface area contributed by atoms with Gasteiger partial charge in [0, 0.05) is 5.56 Å². The molecule has 0 saturated heterocycles. The zero-order valence-corrected chi connectivity index (χ0v) is 17.5. The molecule has 30 heavy (non-hydrogen) atoms. The minimum atomic E-state index is -3.08. The predicted molar refractivity (Wildman–Crippen MR) is 115 cm³/mol. The third-order valence-corrected chi connectivity index (χ3v) is 6.63. The maximum absolute atomic E-state index is 14.9. The van der Waals surface area contributed by atoms with Gasteiger partial charge in [0.05, 0.1) is 12.7 Å². The Labute approximate surface area is 177 Å². The summed E-state index contributed by atoms with van der Waals surface area (Å²) in [5, 5.41) is 0. The van der Waals surface area contributed by atoms with Crippen molar-refractivity contribution in [2.24, 2.45) is 5.92 Å². The molecule has 2 aliphatic rings. The number of allylic oxidation sites excluding steroid dienone is 1. The van der Waals surface area contributed by atoms with E-state index in [2.05, 4.69) is 17.7 Å². The molecule has 0 aromatic heterocycles. The number of benzene rings is 2. The predicted octanol–water partition coefficient (Wildman–Crippen LogP) is 8.31. The molecule has 4 rings (SSSR count). The Morgan fingerprint density at radius 1 is 0.967 bits per heavy atom. The Kier molecular flexibility index (Phi) is 6.21. The van der Waals surface area contributed by atoms with Crippen LogP contribution in [-0.4, -0.2) is 6.11 Å². The van der Waals surface area contributed by atoms with E-state index in [4.69, 9.17) is 0 Å². The summed E-state index contributed by atoms with van der Waals surface area (Å²) in [4.78, 5) is 0. The van der Waals surface area contributed by atoms with Crippen LogP contribution in [0.1, 0.15) is 75.3 Å². The molecule has 1 saturated carbocycles. The van der Waals surface area contributed by atoms with Crippen molar-refractivity contribution in [3.8, 4) is 11.1 Å². The Morgan fingerprint density at radius 2 is 1.67 bits per heavy atom. The van der Waals surface area contributed by atoms with Crippen LogP contribution in [0.3, 0.4) is 0 Å². The van der Waals surface area contributed by atoms with E-state index in [1.807, 2.05) is 30.3 Å². The highest BCUT2D eigenvalue weighted by Gasteiger charge is 2.33. The molecular formula is C26H29F3O. The molecule has 1 nitrogen and oxygen atoms in total. The second-order valence-electron chi connectivity index (χ2n) is 8.72. The lowest BCUT2D eigenvalue weighted by molar-refractivity contribution is -0.211. The first-order valence-electron chi connectivity index (χ1n) is 11.1. The molecule has 0 N–H and O–H groups in total. The molecule has 2 aromatic carbocycles. The summed E-state index contributed by atoms with van der Waals surface area (Å²) in [6, 6.07) is 13.0. The van der Waals surface area contributed by atoms with Gasteiger partial charge in [-0.1, -0.05) is 56.2 Å². The summed E-state index contributed by atoms with van der Waals surface area (Å²) in [5.74, 6) is 1.10. The lowest BCUT2D eigenvalue weighted by Crippen LogP contribution is -2.21. The monoisotopic (exact) mass is 414 g/mol. The van der Waals surface area contributed by atoms with Gasteiger partial charge in [-0.3, -0.25) is 0 Å². The molecule has 2 aromatic rings. The number of halogens is 3. The first-order chi connectivity index (χ1) is 14.4. The Morgan fingerprint density at radius 3 is 2.27 bits per heavy atom. The van der Waals surface area contributed by atoms with Crippen molar-refractivity contribution in [2.45, 2.75) is 70.3 Å². The summed E-state index contributed by atoms with van der Waals surface area (Å²) in [7, 11) is 0. The second kappa shape index (κ2) is 8.87. The van der Waals surface area contributed by atoms with Crippen LogP contribution in [0.5, 0.6) is 0 Å². The first-order valence-corrected chi connectivity index (χ1v) is 11.1. The highest BCUT2D eigenvalue weighted by atomic mass is 19.3. The minimum absolute atomic E-state index is 0.198. The largest absolute Gasteiger partial charge is 0.440 e. The third kappa shape index (κ3) is 4.74. The van der Waals surface area contributed by atoms with Gasteiger partial charge in [0.1, 0.15) is 5.82 Å². The van der Waals surface area contributed by atoms with Crippen molar-refractivity contribution in [1.29, 1.82) is 0 Å². The van der Waals surface area contributed by atoms with E-state index < -0.39 is 6.11 Å². The van der Waals surface area contributed by atoms with Crippen LogP contribution in [0.2, 0.25) is 0 Å². The topological polar surface area (TPSA) is 9.23 Å². The van der Waals surface area contributed by atoms with E-state index in [1.54, 1.807) is 6.07 Å². The standard InChI is InChI=1S/C26H29F3O/c1-2-3-18-4-6-19(7-5-18)22-12-13-24(25(27)16-22)21-10-8-20(9-11-21)23-14-15-26(28,29)30-17-23/h8-13,16-19H,2-7,14-15H2,1H3. The number of alkyl halides is 2. The molecule has 0 unspecified atom stereocenters. The fourth-order valence-corrected chi connectivity index (χ4v) is 4.84. The van der Waals surface area contributed by atoms with Crippen molar-refractivity contribution in [3.63, 3.8) is 0 Å². The molecule has 1 aliphatic heterocycles. The molecule has 4 heteroatoms. The van der Waals surface area contributed by atoms with Crippen LogP contribution in [0.4, 0.5) is 13.2 Å². The second-order valence-corrected chi connectivity index (χ2v) is 8.72. The maximum Gasteiger partial charge on any atom is 0.397 e. The summed E-state index contributed by atoms with van der Waals surface area (Å²) in [6.07, 6.45) is 5.34. The van der Waals surface area contributed by atoms with Crippen molar-refractivity contribution >= 4 is 5.57 Å². The highest BCUT2D eigenvalue weighted by Crippen LogP contribution is 2.39. The first kappa shape index (κ1) is 21.0. The summed E-state index contributed by atoms with van der Waals surface area (Å²) < 4.78 is 45.7. The van der Waals surface area contributed by atoms with Crippen molar-refractivity contribution < 1.29 is 17.9 Å². The molecule has 1 aliphatic carbocycles. The van der Waals surface area contributed by atoms with Crippen molar-refractivity contribution in [3.05, 3.63) is 65.7 Å². The van der Waals surface area contributed by atoms with Gasteiger partial charge in [0.25, 0.3) is 0 Å². The molecule has 0 amide bonds. The average molecular weight is 415 g/mol. The van der Waals surface area contributed by atoms with Gasteiger partial charge in [0.2, 0.25) is 0 Å². The zero-order valence-electron chi connectivity index (χ0n) is 17.5. The average Bonchev–Trinajstić information content (AvgIpc) is 2.75. The minimum Gasteiger partial charge on any atom is -0.440 e. The van der Waals surface area contributed by atoms with Crippen LogP contribution in [-0.2, 0) is 4.74 Å². The van der Waals surface area contributed by atoms with Gasteiger partial charge >= 0.3 is 6.11 Å². The van der Waals surface area contributed by atoms with Gasteiger partial charge in [0.15, 0.2) is 0 Å². The van der Waals surface area contributed by atoms with Crippen LogP contribution >= 0.6 is 0 Å². The fraction of sp³-hybridized carbons (Fsp3) is 0.462. The van der Waals surface area contributed by atoms with Gasteiger partial charge in [-0.2, -0.15) is 8.78 Å². The summed E-state index contributed by atoms with van der Waals surface area (Å²) >= 11 is 0. The van der Waals surface area contributed by atoms with E-state index in [0.717, 1.165) is 47.3 Å². The molecular weight excluding hydrogens is 385 g/mol. The molecule has 0 bridgehead atoms. The summed E-state index contributed by atoms with van der Waals surface area (Å²) in [5.41, 5.74) is 4.04. The summed E-state index contributed by atoms with van der Waals surface area (Å²) in [6.45, 7) is 2.24. The molecule has 0 spiro atoms. The Bertz CT molecular complexity index is 893. The van der Waals surface area contributed by atoms with E-state index in [1.165, 1.54) is 25.7 Å². The van der Waals surface area contributed by atoms with Gasteiger partial charge in [-0.05, 0) is 72.3 Å². The number of hydrogen-bond acceptors (Lipinski definition) is 1. The molecule has 0 atom stereocenters. The quantitative estimate of drug-likeness (QED) is 0.478. The lowest BCUT2D eigenvalue weighted by atomic mass is 9.77. The van der Waals surface area contributed by atoms with E-state index in [-0.39, 0.29) is 18.7 Å². The molecule has 0 radical (unpaired) electrons. The Balaban J connectivity index is 1.45. The third-order valence-electron chi connectivity index (χ3n) is 6.63. The highest BCUT2D eigenvalue weighted by molar-refractivity contribution is 5.71. The molecule has 1 heterocycles. The van der Waals surface area contributed by atoms with E-state index in [9.17, 15) is 13.2 Å². The van der Waals surface area contributed by atoms with Crippen molar-refractivity contribution in [2.75, 3.05) is 0 Å². The van der Waals surface area contributed by atoms with E-state index >= 15 is 0 Å². The smallest absolute Gasteiger partial charge is 0.397 e. The Hall–Kier alpha value is -2.23. The van der Waals surface area contributed by atoms with Crippen LogP contribution in [0.25, 0.3) is 16.7 Å². The van der Waals surface area contributed by atoms with Gasteiger partial charge < -0.3 is 4.74 Å². The number of rotatable bonds is 5. The maximum atomic E-state index is 14.9. The van der Waals surface area contributed by atoms with Crippen LogP contribution < -0.4 is 0 Å². The fourth-order valence-electron chi connectivity index (χ4n) is 4.84. The van der Waals surface area contributed by atoms with Crippen LogP contribution in [0.15, 0.2) is 48.7 Å². The molecule has 1 fully saturated rings. The normalized spacial score (nSPS) is 23.5.